The monoisotopic (exact) mass is 599 g/mol. The number of benzene rings is 3. The number of phenolic OH excluding ortho intramolecular Hbond substituents is 1. The number of imide groups is 1. The number of Topliss-reactive ketones (excluding diaryl/α,β-unsaturated/α-hetero) is 1. The highest BCUT2D eigenvalue weighted by Crippen LogP contribution is 2.62. The van der Waals surface area contributed by atoms with E-state index in [0.29, 0.717) is 28.9 Å². The standard InChI is InChI=1S/C37H29NO7/c39-24-11-14-30-21(16-24)15-22(19-45-30)33-25-12-13-26-32(36(43)38(44)35(26)42)28(25)17-29-34(41)27(20-7-3-1-4-8-20)18-31(40)37(29,33)23-9-5-2-6-10-23/h1-12,14,16,18-19,26,28-29,32-33,39,44H,13,15,17H2. The highest BCUT2D eigenvalue weighted by atomic mass is 16.5. The predicted molar refractivity (Wildman–Crippen MR) is 161 cm³/mol. The van der Waals surface area contributed by atoms with E-state index in [0.717, 1.165) is 16.7 Å². The van der Waals surface area contributed by atoms with Crippen molar-refractivity contribution in [2.45, 2.75) is 24.7 Å². The summed E-state index contributed by atoms with van der Waals surface area (Å²) in [5, 5.41) is 20.9. The first kappa shape index (κ1) is 27.5. The maximum Gasteiger partial charge on any atom is 0.257 e. The van der Waals surface area contributed by atoms with Crippen LogP contribution in [-0.2, 0) is 31.0 Å². The Kier molecular flexibility index (Phi) is 6.09. The van der Waals surface area contributed by atoms with Crippen LogP contribution in [0.25, 0.3) is 5.57 Å². The molecule has 3 aromatic carbocycles. The molecule has 2 aliphatic heterocycles. The third-order valence-corrected chi connectivity index (χ3v) is 10.5. The molecule has 3 aromatic rings. The SMILES string of the molecule is O=C1C(c2ccccc2)=CC(=O)C2(c3ccccc3)C1CC1C(=CCC3C(=O)N(O)C(=O)C31)C2C1=COc2ccc(O)cc2C1. The van der Waals surface area contributed by atoms with Gasteiger partial charge < -0.3 is 9.84 Å². The van der Waals surface area contributed by atoms with E-state index in [2.05, 4.69) is 0 Å². The van der Waals surface area contributed by atoms with Crippen molar-refractivity contribution in [2.75, 3.05) is 0 Å². The maximum absolute atomic E-state index is 15.0. The molecule has 0 bridgehead atoms. The summed E-state index contributed by atoms with van der Waals surface area (Å²) < 4.78 is 6.10. The molecule has 8 nitrogen and oxygen atoms in total. The van der Waals surface area contributed by atoms with Crippen molar-refractivity contribution in [2.24, 2.45) is 29.6 Å². The first-order valence-electron chi connectivity index (χ1n) is 15.2. The smallest absolute Gasteiger partial charge is 0.257 e. The molecule has 8 rings (SSSR count). The van der Waals surface area contributed by atoms with Crippen LogP contribution in [0.15, 0.2) is 108 Å². The quantitative estimate of drug-likeness (QED) is 0.248. The first-order valence-corrected chi connectivity index (χ1v) is 15.2. The summed E-state index contributed by atoms with van der Waals surface area (Å²) in [4.78, 5) is 56.1. The Bertz CT molecular complexity index is 1890. The average molecular weight is 600 g/mol. The Morgan fingerprint density at radius 2 is 1.60 bits per heavy atom. The van der Waals surface area contributed by atoms with Gasteiger partial charge in [-0.1, -0.05) is 72.3 Å². The molecule has 45 heavy (non-hydrogen) atoms. The number of aromatic hydroxyl groups is 1. The number of hydroxylamine groups is 2. The van der Waals surface area contributed by atoms with Gasteiger partial charge in [-0.25, -0.2) is 0 Å². The van der Waals surface area contributed by atoms with Crippen LogP contribution in [0.3, 0.4) is 0 Å². The molecule has 2 amide bonds. The summed E-state index contributed by atoms with van der Waals surface area (Å²) in [5.41, 5.74) is 2.53. The van der Waals surface area contributed by atoms with Crippen LogP contribution >= 0.6 is 0 Å². The molecule has 8 heteroatoms. The van der Waals surface area contributed by atoms with Crippen LogP contribution in [0.4, 0.5) is 0 Å². The highest BCUT2D eigenvalue weighted by molar-refractivity contribution is 6.31. The number of ketones is 2. The number of hydrogen-bond acceptors (Lipinski definition) is 7. The molecule has 224 valence electrons. The van der Waals surface area contributed by atoms with E-state index in [-0.39, 0.29) is 35.2 Å². The number of carbonyl (C=O) groups excluding carboxylic acids is 4. The highest BCUT2D eigenvalue weighted by Gasteiger charge is 2.66. The summed E-state index contributed by atoms with van der Waals surface area (Å²) in [7, 11) is 0. The zero-order valence-electron chi connectivity index (χ0n) is 24.1. The Balaban J connectivity index is 1.38. The van der Waals surface area contributed by atoms with E-state index in [1.807, 2.05) is 54.6 Å². The lowest BCUT2D eigenvalue weighted by molar-refractivity contribution is -0.173. The third-order valence-electron chi connectivity index (χ3n) is 10.5. The molecule has 6 atom stereocenters. The number of hydrogen-bond donors (Lipinski definition) is 2. The number of carbonyl (C=O) groups is 4. The molecule has 0 radical (unpaired) electrons. The lowest BCUT2D eigenvalue weighted by Crippen LogP contribution is -2.60. The minimum Gasteiger partial charge on any atom is -0.508 e. The van der Waals surface area contributed by atoms with Crippen molar-refractivity contribution in [3.63, 3.8) is 0 Å². The molecule has 6 unspecified atom stereocenters. The van der Waals surface area contributed by atoms with Gasteiger partial charge in [0, 0.05) is 29.4 Å². The van der Waals surface area contributed by atoms with Crippen molar-refractivity contribution < 1.29 is 34.2 Å². The van der Waals surface area contributed by atoms with E-state index in [1.54, 1.807) is 36.6 Å². The molecular formula is C37H29NO7. The fourth-order valence-electron chi connectivity index (χ4n) is 8.67. The topological polar surface area (TPSA) is 121 Å². The fraction of sp³-hybridized carbons (Fsp3) is 0.243. The van der Waals surface area contributed by atoms with Gasteiger partial charge >= 0.3 is 0 Å². The molecule has 0 spiro atoms. The van der Waals surface area contributed by atoms with E-state index < -0.39 is 46.8 Å². The summed E-state index contributed by atoms with van der Waals surface area (Å²) in [5.74, 6) is -4.81. The van der Waals surface area contributed by atoms with Crippen LogP contribution in [-0.4, -0.2) is 38.8 Å². The van der Waals surface area contributed by atoms with Crippen molar-refractivity contribution in [3.05, 3.63) is 125 Å². The molecule has 1 saturated carbocycles. The van der Waals surface area contributed by atoms with Crippen LogP contribution in [0.2, 0.25) is 0 Å². The molecule has 2 heterocycles. The van der Waals surface area contributed by atoms with E-state index in [4.69, 9.17) is 4.74 Å². The minimum absolute atomic E-state index is 0.0768. The molecule has 0 aromatic heterocycles. The molecular weight excluding hydrogens is 570 g/mol. The molecule has 3 aliphatic carbocycles. The third kappa shape index (κ3) is 3.82. The number of amides is 2. The van der Waals surface area contributed by atoms with E-state index in [1.165, 1.54) is 6.08 Å². The molecule has 2 fully saturated rings. The number of fused-ring (bicyclic) bond motifs is 5. The zero-order chi connectivity index (χ0) is 31.0. The Morgan fingerprint density at radius 3 is 2.36 bits per heavy atom. The largest absolute Gasteiger partial charge is 0.508 e. The predicted octanol–water partition coefficient (Wildman–Crippen LogP) is 4.96. The summed E-state index contributed by atoms with van der Waals surface area (Å²) in [6, 6.07) is 23.3. The summed E-state index contributed by atoms with van der Waals surface area (Å²) >= 11 is 0. The molecule has 1 saturated heterocycles. The van der Waals surface area contributed by atoms with Gasteiger partial charge in [0.1, 0.15) is 11.5 Å². The van der Waals surface area contributed by atoms with Crippen LogP contribution in [0, 0.1) is 29.6 Å². The van der Waals surface area contributed by atoms with Crippen molar-refractivity contribution >= 4 is 29.0 Å². The summed E-state index contributed by atoms with van der Waals surface area (Å²) in [6.07, 6.45) is 5.77. The molecule has 5 aliphatic rings. The number of allylic oxidation sites excluding steroid dienone is 5. The Hall–Kier alpha value is -5.08. The van der Waals surface area contributed by atoms with Gasteiger partial charge in [0.2, 0.25) is 0 Å². The normalized spacial score (nSPS) is 30.3. The van der Waals surface area contributed by atoms with Crippen molar-refractivity contribution in [3.8, 4) is 11.5 Å². The van der Waals surface area contributed by atoms with E-state index in [9.17, 15) is 29.5 Å². The number of ether oxygens (including phenoxy) is 1. The Morgan fingerprint density at radius 1 is 0.867 bits per heavy atom. The van der Waals surface area contributed by atoms with Crippen LogP contribution < -0.4 is 4.74 Å². The molecule has 2 N–H and O–H groups in total. The lowest BCUT2D eigenvalue weighted by atomic mass is 9.44. The second-order valence-corrected chi connectivity index (χ2v) is 12.6. The number of rotatable bonds is 3. The maximum atomic E-state index is 15.0. The minimum atomic E-state index is -1.36. The van der Waals surface area contributed by atoms with Gasteiger partial charge in [0.15, 0.2) is 11.6 Å². The first-order chi connectivity index (χ1) is 21.8. The number of phenols is 1. The van der Waals surface area contributed by atoms with Gasteiger partial charge in [-0.05, 0) is 59.7 Å². The summed E-state index contributed by atoms with van der Waals surface area (Å²) in [6.45, 7) is 0. The van der Waals surface area contributed by atoms with Gasteiger partial charge in [-0.15, -0.1) is 0 Å². The second kappa shape index (κ2) is 9.97. The zero-order valence-corrected chi connectivity index (χ0v) is 24.1. The average Bonchev–Trinajstić information content (AvgIpc) is 3.29. The van der Waals surface area contributed by atoms with Gasteiger partial charge in [-0.2, -0.15) is 5.06 Å². The van der Waals surface area contributed by atoms with Crippen LogP contribution in [0.1, 0.15) is 29.5 Å². The van der Waals surface area contributed by atoms with Gasteiger partial charge in [0.25, 0.3) is 11.8 Å². The van der Waals surface area contributed by atoms with Crippen LogP contribution in [0.5, 0.6) is 11.5 Å². The van der Waals surface area contributed by atoms with Gasteiger partial charge in [0.05, 0.1) is 23.5 Å². The van der Waals surface area contributed by atoms with E-state index >= 15 is 0 Å². The Labute approximate surface area is 258 Å². The van der Waals surface area contributed by atoms with Crippen molar-refractivity contribution in [1.29, 1.82) is 0 Å². The second-order valence-electron chi connectivity index (χ2n) is 12.6. The van der Waals surface area contributed by atoms with Gasteiger partial charge in [-0.3, -0.25) is 24.4 Å². The lowest BCUT2D eigenvalue weighted by Gasteiger charge is -2.56. The van der Waals surface area contributed by atoms with Crippen molar-refractivity contribution in [1.82, 2.24) is 5.06 Å². The fourth-order valence-corrected chi connectivity index (χ4v) is 8.67. The number of nitrogens with zero attached hydrogens (tertiary/aromatic N) is 1.